The molecule has 0 N–H and O–H groups in total. The van der Waals surface area contributed by atoms with Gasteiger partial charge in [0.15, 0.2) is 0 Å². The summed E-state index contributed by atoms with van der Waals surface area (Å²) >= 11 is 2.28. The van der Waals surface area contributed by atoms with Gasteiger partial charge in [0.1, 0.15) is 4.55 Å². The summed E-state index contributed by atoms with van der Waals surface area (Å²) < 4.78 is 80.6. The third-order valence-electron chi connectivity index (χ3n) is 4.64. The summed E-state index contributed by atoms with van der Waals surface area (Å²) in [6.45, 7) is 0.845. The number of rotatable bonds is 7. The zero-order valence-electron chi connectivity index (χ0n) is 17.0. The van der Waals surface area contributed by atoms with E-state index in [4.69, 9.17) is 0 Å². The van der Waals surface area contributed by atoms with Crippen LogP contribution in [0.4, 0.5) is 26.3 Å². The summed E-state index contributed by atoms with van der Waals surface area (Å²) in [6.07, 6.45) is -6.02. The molecule has 2 aromatic rings. The molecule has 0 aliphatic heterocycles. The highest BCUT2D eigenvalue weighted by atomic mass is 127. The van der Waals surface area contributed by atoms with Gasteiger partial charge in [0, 0.05) is 6.42 Å². The van der Waals surface area contributed by atoms with E-state index in [1.165, 1.54) is 24.3 Å². The van der Waals surface area contributed by atoms with E-state index < -0.39 is 23.5 Å². The number of unbranched alkanes of at least 4 members (excludes halogenated alkanes) is 1. The Balaban J connectivity index is 0.00000480. The minimum Gasteiger partial charge on any atom is -1.00 e. The molecule has 0 fully saturated rings. The van der Waals surface area contributed by atoms with Crippen LogP contribution in [0.25, 0.3) is 5.57 Å². The van der Waals surface area contributed by atoms with Gasteiger partial charge in [-0.1, -0.05) is 30.3 Å². The number of benzene rings is 2. The third kappa shape index (κ3) is 8.56. The van der Waals surface area contributed by atoms with Crippen LogP contribution in [0.3, 0.4) is 0 Å². The number of halogens is 8. The second-order valence-corrected chi connectivity index (χ2v) is 8.38. The van der Waals surface area contributed by atoms with Crippen molar-refractivity contribution in [3.8, 4) is 0 Å². The molecule has 31 heavy (non-hydrogen) atoms. The summed E-state index contributed by atoms with van der Waals surface area (Å²) in [7, 11) is 4.13. The van der Waals surface area contributed by atoms with Crippen LogP contribution in [0.15, 0.2) is 54.6 Å². The number of allylic oxidation sites excluding steroid dienone is 1. The molecule has 0 aliphatic carbocycles. The van der Waals surface area contributed by atoms with E-state index in [1.54, 1.807) is 6.08 Å². The lowest BCUT2D eigenvalue weighted by Crippen LogP contribution is -3.00. The summed E-state index contributed by atoms with van der Waals surface area (Å²) in [5, 5.41) is 0. The molecule has 0 unspecified atom stereocenters. The topological polar surface area (TPSA) is 0 Å². The van der Waals surface area contributed by atoms with Crippen molar-refractivity contribution in [1.82, 2.24) is 0 Å². The summed E-state index contributed by atoms with van der Waals surface area (Å²) in [6, 6.07) is 9.40. The molecule has 0 saturated carbocycles. The van der Waals surface area contributed by atoms with Crippen molar-refractivity contribution in [2.75, 3.05) is 25.2 Å². The van der Waals surface area contributed by atoms with Crippen molar-refractivity contribution in [3.63, 3.8) is 0 Å². The van der Waals surface area contributed by atoms with Crippen molar-refractivity contribution < 1.29 is 54.8 Å². The molecular weight excluding hydrogens is 646 g/mol. The number of hydrogen-bond acceptors (Lipinski definition) is 0. The highest BCUT2D eigenvalue weighted by molar-refractivity contribution is 14.1. The van der Waals surface area contributed by atoms with Crippen molar-refractivity contribution in [1.29, 1.82) is 0 Å². The van der Waals surface area contributed by atoms with Crippen molar-refractivity contribution in [3.05, 3.63) is 76.9 Å². The fourth-order valence-corrected chi connectivity index (χ4v) is 3.30. The number of nitrogens with zero attached hydrogens (tertiary/aromatic N) is 1. The Morgan fingerprint density at radius 3 is 1.71 bits per heavy atom. The summed E-state index contributed by atoms with van der Waals surface area (Å²) in [5.41, 5.74) is -0.813. The molecule has 0 aromatic heterocycles. The minimum absolute atomic E-state index is 0. The molecule has 0 bridgehead atoms. The Morgan fingerprint density at radius 1 is 0.871 bits per heavy atom. The first-order valence-corrected chi connectivity index (χ1v) is 10.8. The predicted octanol–water partition coefficient (Wildman–Crippen LogP) is 4.41. The van der Waals surface area contributed by atoms with E-state index in [9.17, 15) is 26.3 Å². The fourth-order valence-electron chi connectivity index (χ4n) is 2.95. The molecule has 0 atom stereocenters. The fraction of sp³-hybridized carbons (Fsp3) is 0.364. The van der Waals surface area contributed by atoms with Gasteiger partial charge in [-0.15, -0.1) is 0 Å². The molecule has 0 heterocycles. The maximum atomic E-state index is 13.2. The molecule has 2 aromatic carbocycles. The van der Waals surface area contributed by atoms with E-state index >= 15 is 0 Å². The highest BCUT2D eigenvalue weighted by Gasteiger charge is 2.32. The van der Waals surface area contributed by atoms with Gasteiger partial charge in [-0.05, 0) is 70.0 Å². The predicted molar refractivity (Wildman–Crippen MR) is 115 cm³/mol. The zero-order valence-corrected chi connectivity index (χ0v) is 21.3. The van der Waals surface area contributed by atoms with Gasteiger partial charge < -0.3 is 28.5 Å². The number of quaternary nitrogens is 1. The lowest BCUT2D eigenvalue weighted by atomic mass is 9.94. The number of hydrogen-bond donors (Lipinski definition) is 0. The highest BCUT2D eigenvalue weighted by Crippen LogP contribution is 2.35. The van der Waals surface area contributed by atoms with Crippen LogP contribution in [-0.2, 0) is 12.4 Å². The Labute approximate surface area is 209 Å². The average molecular weight is 669 g/mol. The Morgan fingerprint density at radius 2 is 1.32 bits per heavy atom. The summed E-state index contributed by atoms with van der Waals surface area (Å²) in [5.74, 6) is 0. The second kappa shape index (κ2) is 11.4. The normalized spacial score (nSPS) is 12.3. The number of alkyl halides is 7. The molecule has 0 radical (unpaired) electrons. The Kier molecular flexibility index (Phi) is 10.3. The van der Waals surface area contributed by atoms with E-state index in [1.807, 2.05) is 0 Å². The molecular formula is C22H23F6I2N. The minimum atomic E-state index is -4.53. The zero-order chi connectivity index (χ0) is 22.6. The monoisotopic (exact) mass is 669 g/mol. The van der Waals surface area contributed by atoms with E-state index in [0.717, 1.165) is 46.3 Å². The lowest BCUT2D eigenvalue weighted by molar-refractivity contribution is -0.874. The van der Waals surface area contributed by atoms with Crippen LogP contribution >= 0.6 is 22.6 Å². The van der Waals surface area contributed by atoms with Crippen LogP contribution in [0.5, 0.6) is 0 Å². The van der Waals surface area contributed by atoms with E-state index in [0.29, 0.717) is 12.0 Å². The Bertz CT molecular complexity index is 829. The van der Waals surface area contributed by atoms with Crippen molar-refractivity contribution in [2.24, 2.45) is 0 Å². The van der Waals surface area contributed by atoms with Crippen LogP contribution in [0.2, 0.25) is 0 Å². The third-order valence-corrected chi connectivity index (χ3v) is 6.49. The van der Waals surface area contributed by atoms with E-state index in [-0.39, 0.29) is 35.1 Å². The quantitative estimate of drug-likeness (QED) is 0.103. The van der Waals surface area contributed by atoms with Crippen molar-refractivity contribution in [2.45, 2.75) is 25.2 Å². The molecule has 0 aliphatic rings. The SMILES string of the molecule is C[N+](C)(CI)CCCC=C(c1cccc(C(F)(F)F)c1)c1cccc(C(F)(F)F)c1.[I-]. The maximum Gasteiger partial charge on any atom is 0.416 e. The van der Waals surface area contributed by atoms with Crippen LogP contribution in [0, 0.1) is 0 Å². The van der Waals surface area contributed by atoms with Gasteiger partial charge in [0.25, 0.3) is 0 Å². The van der Waals surface area contributed by atoms with E-state index in [2.05, 4.69) is 36.7 Å². The molecule has 0 saturated heterocycles. The molecule has 1 nitrogen and oxygen atoms in total. The molecule has 9 heteroatoms. The first-order chi connectivity index (χ1) is 13.8. The molecule has 0 spiro atoms. The largest absolute Gasteiger partial charge is 1.00 e. The second-order valence-electron chi connectivity index (χ2n) is 7.70. The first-order valence-electron chi connectivity index (χ1n) is 9.27. The van der Waals surface area contributed by atoms with Gasteiger partial charge in [-0.25, -0.2) is 0 Å². The van der Waals surface area contributed by atoms with Crippen LogP contribution < -0.4 is 24.0 Å². The van der Waals surface area contributed by atoms with Gasteiger partial charge in [0.05, 0.1) is 31.8 Å². The molecule has 172 valence electrons. The van der Waals surface area contributed by atoms with Crippen LogP contribution in [-0.4, -0.2) is 29.7 Å². The first kappa shape index (κ1) is 28.2. The van der Waals surface area contributed by atoms with Gasteiger partial charge in [0.2, 0.25) is 0 Å². The lowest BCUT2D eigenvalue weighted by Gasteiger charge is -2.26. The van der Waals surface area contributed by atoms with Crippen molar-refractivity contribution >= 4 is 28.2 Å². The van der Waals surface area contributed by atoms with Gasteiger partial charge >= 0.3 is 12.4 Å². The Hall–Kier alpha value is -0.820. The average Bonchev–Trinajstić information content (AvgIpc) is 2.67. The molecule has 0 amide bonds. The maximum absolute atomic E-state index is 13.2. The standard InChI is InChI=1S/C22H23F6IN.HI/c1-30(2,15-29)12-4-3-11-20(16-7-5-9-18(13-16)21(23,24)25)17-8-6-10-19(14-17)22(26,27)28;/h5-11,13-14H,3-4,12,15H2,1-2H3;1H/q+1;/p-1. The van der Waals surface area contributed by atoms with Gasteiger partial charge in [-0.3, -0.25) is 0 Å². The smallest absolute Gasteiger partial charge is 0.416 e. The summed E-state index contributed by atoms with van der Waals surface area (Å²) in [4.78, 5) is 0. The molecule has 2 rings (SSSR count). The van der Waals surface area contributed by atoms with Gasteiger partial charge in [-0.2, -0.15) is 26.3 Å². The van der Waals surface area contributed by atoms with Crippen LogP contribution in [0.1, 0.15) is 35.1 Å².